The van der Waals surface area contributed by atoms with Crippen LogP contribution in [0.4, 0.5) is 5.13 Å². The molecule has 2 aliphatic heterocycles. The molecule has 0 unspecified atom stereocenters. The number of allylic oxidation sites excluding steroid dienone is 2. The van der Waals surface area contributed by atoms with Gasteiger partial charge in [0, 0.05) is 43.7 Å². The molecule has 31 heavy (non-hydrogen) atoms. The van der Waals surface area contributed by atoms with Gasteiger partial charge in [-0.1, -0.05) is 18.2 Å². The van der Waals surface area contributed by atoms with Gasteiger partial charge >= 0.3 is 0 Å². The van der Waals surface area contributed by atoms with Crippen molar-refractivity contribution in [3.63, 3.8) is 0 Å². The van der Waals surface area contributed by atoms with Crippen molar-refractivity contribution in [1.82, 2.24) is 15.2 Å². The second kappa shape index (κ2) is 10.6. The molecule has 1 fully saturated rings. The summed E-state index contributed by atoms with van der Waals surface area (Å²) >= 11 is 1.52. The highest BCUT2D eigenvalue weighted by Gasteiger charge is 2.22. The van der Waals surface area contributed by atoms with Crippen LogP contribution in [0.2, 0.25) is 0 Å². The van der Waals surface area contributed by atoms with Crippen molar-refractivity contribution < 1.29 is 14.3 Å². The topological polar surface area (TPSA) is 66.9 Å². The Labute approximate surface area is 187 Å². The summed E-state index contributed by atoms with van der Waals surface area (Å²) in [6, 6.07) is 7.65. The number of thiazole rings is 1. The van der Waals surface area contributed by atoms with E-state index in [1.165, 1.54) is 11.3 Å². The van der Waals surface area contributed by atoms with Crippen LogP contribution < -0.4 is 15.0 Å². The maximum absolute atomic E-state index is 13.3. The van der Waals surface area contributed by atoms with E-state index in [2.05, 4.69) is 16.3 Å². The number of morpholine rings is 1. The van der Waals surface area contributed by atoms with E-state index in [4.69, 9.17) is 14.5 Å². The lowest BCUT2D eigenvalue weighted by molar-refractivity contribution is -0.118. The van der Waals surface area contributed by atoms with E-state index in [1.54, 1.807) is 7.11 Å². The SMILES string of the molecule is COc1ccc(CC(=O)N(CCN2CCOCC2)c2nc(C3=CCNC=C3)cs2)cc1. The summed E-state index contributed by atoms with van der Waals surface area (Å²) in [6.45, 7) is 5.49. The first-order valence-corrected chi connectivity index (χ1v) is 11.4. The number of nitrogens with zero attached hydrogens (tertiary/aromatic N) is 3. The molecule has 3 heterocycles. The van der Waals surface area contributed by atoms with Crippen molar-refractivity contribution in [2.75, 3.05) is 57.9 Å². The Hall–Kier alpha value is -2.68. The van der Waals surface area contributed by atoms with Crippen LogP contribution in [0, 0.1) is 0 Å². The number of nitrogens with one attached hydrogen (secondary N) is 1. The van der Waals surface area contributed by atoms with Gasteiger partial charge in [-0.3, -0.25) is 14.6 Å². The molecular weight excluding hydrogens is 412 g/mol. The molecule has 1 saturated heterocycles. The number of carbonyl (C=O) groups is 1. The van der Waals surface area contributed by atoms with Crippen LogP contribution in [-0.4, -0.2) is 68.8 Å². The van der Waals surface area contributed by atoms with Crippen LogP contribution in [0.25, 0.3) is 5.57 Å². The van der Waals surface area contributed by atoms with E-state index in [1.807, 2.05) is 46.8 Å². The summed E-state index contributed by atoms with van der Waals surface area (Å²) in [5, 5.41) is 5.93. The molecule has 7 nitrogen and oxygen atoms in total. The fourth-order valence-electron chi connectivity index (χ4n) is 3.57. The molecular formula is C23H28N4O3S. The zero-order valence-corrected chi connectivity index (χ0v) is 18.6. The Balaban J connectivity index is 1.50. The molecule has 1 amide bonds. The van der Waals surface area contributed by atoms with E-state index in [-0.39, 0.29) is 5.91 Å². The lowest BCUT2D eigenvalue weighted by Crippen LogP contribution is -2.43. The molecule has 0 atom stereocenters. The fraction of sp³-hybridized carbons (Fsp3) is 0.391. The van der Waals surface area contributed by atoms with Crippen molar-refractivity contribution in [3.05, 3.63) is 59.3 Å². The molecule has 4 rings (SSSR count). The van der Waals surface area contributed by atoms with E-state index in [9.17, 15) is 4.79 Å². The summed E-state index contributed by atoms with van der Waals surface area (Å²) in [7, 11) is 1.64. The minimum Gasteiger partial charge on any atom is -0.497 e. The van der Waals surface area contributed by atoms with Gasteiger partial charge in [0.25, 0.3) is 0 Å². The van der Waals surface area contributed by atoms with Gasteiger partial charge in [0.15, 0.2) is 5.13 Å². The van der Waals surface area contributed by atoms with Gasteiger partial charge in [0.2, 0.25) is 5.91 Å². The third-order valence-electron chi connectivity index (χ3n) is 5.40. The van der Waals surface area contributed by atoms with E-state index in [0.717, 1.165) is 67.1 Å². The highest BCUT2D eigenvalue weighted by molar-refractivity contribution is 7.14. The minimum atomic E-state index is 0.0501. The smallest absolute Gasteiger partial charge is 0.233 e. The monoisotopic (exact) mass is 440 g/mol. The number of hydrogen-bond acceptors (Lipinski definition) is 7. The number of carbonyl (C=O) groups excluding carboxylic acids is 1. The second-order valence-corrected chi connectivity index (χ2v) is 8.28. The molecule has 0 radical (unpaired) electrons. The zero-order chi connectivity index (χ0) is 21.5. The molecule has 8 heteroatoms. The summed E-state index contributed by atoms with van der Waals surface area (Å²) in [6.07, 6.45) is 6.38. The van der Waals surface area contributed by atoms with E-state index in [0.29, 0.717) is 13.0 Å². The average molecular weight is 441 g/mol. The van der Waals surface area contributed by atoms with E-state index < -0.39 is 0 Å². The molecule has 164 valence electrons. The molecule has 0 saturated carbocycles. The third-order valence-corrected chi connectivity index (χ3v) is 6.26. The number of amides is 1. The first-order valence-electron chi connectivity index (χ1n) is 10.5. The number of methoxy groups -OCH3 is 1. The van der Waals surface area contributed by atoms with Crippen LogP contribution in [0.15, 0.2) is 48.0 Å². The van der Waals surface area contributed by atoms with Crippen molar-refractivity contribution in [1.29, 1.82) is 0 Å². The average Bonchev–Trinajstić information content (AvgIpc) is 3.31. The maximum atomic E-state index is 13.3. The Kier molecular flexibility index (Phi) is 7.35. The zero-order valence-electron chi connectivity index (χ0n) is 17.8. The summed E-state index contributed by atoms with van der Waals surface area (Å²) < 4.78 is 10.7. The number of hydrogen-bond donors (Lipinski definition) is 1. The Morgan fingerprint density at radius 1 is 1.29 bits per heavy atom. The van der Waals surface area contributed by atoms with Crippen molar-refractivity contribution in [2.24, 2.45) is 0 Å². The largest absolute Gasteiger partial charge is 0.497 e. The lowest BCUT2D eigenvalue weighted by atomic mass is 10.1. The Morgan fingerprint density at radius 2 is 2.10 bits per heavy atom. The van der Waals surface area contributed by atoms with Crippen LogP contribution in [-0.2, 0) is 16.0 Å². The van der Waals surface area contributed by atoms with Crippen molar-refractivity contribution in [3.8, 4) is 5.75 Å². The lowest BCUT2D eigenvalue weighted by Gasteiger charge is -2.29. The van der Waals surface area contributed by atoms with E-state index >= 15 is 0 Å². The molecule has 1 N–H and O–H groups in total. The molecule has 1 aromatic carbocycles. The molecule has 0 spiro atoms. The fourth-order valence-corrected chi connectivity index (χ4v) is 4.45. The first kappa shape index (κ1) is 21.5. The van der Waals surface area contributed by atoms with Crippen molar-refractivity contribution >= 4 is 27.9 Å². The molecule has 2 aliphatic rings. The predicted octanol–water partition coefficient (Wildman–Crippen LogP) is 2.56. The van der Waals surface area contributed by atoms with Gasteiger partial charge in [0.1, 0.15) is 5.75 Å². The van der Waals surface area contributed by atoms with Crippen LogP contribution in [0.1, 0.15) is 11.3 Å². The number of rotatable bonds is 8. The summed E-state index contributed by atoms with van der Waals surface area (Å²) in [4.78, 5) is 22.3. The Morgan fingerprint density at radius 3 is 2.81 bits per heavy atom. The quantitative estimate of drug-likeness (QED) is 0.681. The summed E-state index contributed by atoms with van der Waals surface area (Å²) in [5.74, 6) is 0.836. The van der Waals surface area contributed by atoms with Gasteiger partial charge in [-0.05, 0) is 30.0 Å². The number of ether oxygens (including phenoxy) is 2. The minimum absolute atomic E-state index is 0.0501. The first-order chi connectivity index (χ1) is 15.2. The number of aromatic nitrogens is 1. The third kappa shape index (κ3) is 5.72. The highest BCUT2D eigenvalue weighted by Crippen LogP contribution is 2.27. The van der Waals surface area contributed by atoms with Crippen LogP contribution >= 0.6 is 11.3 Å². The van der Waals surface area contributed by atoms with Crippen LogP contribution in [0.5, 0.6) is 5.75 Å². The van der Waals surface area contributed by atoms with Crippen LogP contribution in [0.3, 0.4) is 0 Å². The molecule has 1 aromatic heterocycles. The normalized spacial score (nSPS) is 16.5. The van der Waals surface area contributed by atoms with Gasteiger partial charge in [-0.15, -0.1) is 11.3 Å². The van der Waals surface area contributed by atoms with Gasteiger partial charge in [-0.25, -0.2) is 4.98 Å². The van der Waals surface area contributed by atoms with Gasteiger partial charge in [0.05, 0.1) is 32.4 Å². The second-order valence-electron chi connectivity index (χ2n) is 7.44. The van der Waals surface area contributed by atoms with Gasteiger partial charge < -0.3 is 14.8 Å². The number of anilines is 1. The standard InChI is InChI=1S/C23H28N4O3S/c1-29-20-4-2-18(3-5-20)16-22(28)27(11-10-26-12-14-30-15-13-26)23-25-21(17-31-23)19-6-8-24-9-7-19/h2-8,17,24H,9-16H2,1H3. The molecule has 0 aliphatic carbocycles. The number of dihydropyridines is 1. The Bertz CT molecular complexity index is 933. The summed E-state index contributed by atoms with van der Waals surface area (Å²) in [5.41, 5.74) is 2.95. The van der Waals surface area contributed by atoms with Gasteiger partial charge in [-0.2, -0.15) is 0 Å². The van der Waals surface area contributed by atoms with Crippen molar-refractivity contribution in [2.45, 2.75) is 6.42 Å². The maximum Gasteiger partial charge on any atom is 0.233 e. The predicted molar refractivity (Wildman–Crippen MR) is 124 cm³/mol. The molecule has 0 bridgehead atoms. The highest BCUT2D eigenvalue weighted by atomic mass is 32.1. The molecule has 2 aromatic rings. The number of benzene rings is 1.